The molecule has 0 heterocycles. The van der Waals surface area contributed by atoms with Crippen molar-refractivity contribution in [2.45, 2.75) is 6.92 Å². The molecule has 0 aliphatic heterocycles. The summed E-state index contributed by atoms with van der Waals surface area (Å²) >= 11 is 0. The van der Waals surface area contributed by atoms with E-state index in [2.05, 4.69) is 5.10 Å². The van der Waals surface area contributed by atoms with Crippen LogP contribution in [-0.2, 0) is 4.79 Å². The van der Waals surface area contributed by atoms with Crippen LogP contribution >= 0.6 is 0 Å². The molecular formula is C10H12N2O3. The van der Waals surface area contributed by atoms with Gasteiger partial charge in [0.15, 0.2) is 11.5 Å². The molecule has 0 saturated heterocycles. The molecule has 0 spiro atoms. The molecule has 0 amide bonds. The van der Waals surface area contributed by atoms with E-state index < -0.39 is 5.97 Å². The number of carbonyl (C=O) groups excluding carboxylic acids is 1. The van der Waals surface area contributed by atoms with Gasteiger partial charge in [0.2, 0.25) is 0 Å². The molecule has 1 aromatic carbocycles. The zero-order valence-electron chi connectivity index (χ0n) is 8.56. The standard InChI is InChI=1S/C10H12N2O3/c1-7(13)15-9-4-3-8(6-12-11)5-10(9)14-2/h3-6H,11H2,1-2H3. The fraction of sp³-hybridized carbons (Fsp3) is 0.200. The number of hydrogen-bond acceptors (Lipinski definition) is 5. The number of nitrogens with zero attached hydrogens (tertiary/aromatic N) is 1. The second-order valence-corrected chi connectivity index (χ2v) is 2.78. The Hall–Kier alpha value is -2.04. The van der Waals surface area contributed by atoms with E-state index in [0.717, 1.165) is 5.56 Å². The van der Waals surface area contributed by atoms with Crippen LogP contribution in [0.4, 0.5) is 0 Å². The number of carbonyl (C=O) groups is 1. The maximum Gasteiger partial charge on any atom is 0.308 e. The second kappa shape index (κ2) is 4.99. The zero-order chi connectivity index (χ0) is 11.3. The Morgan fingerprint density at radius 1 is 1.47 bits per heavy atom. The molecule has 1 rings (SSSR count). The Morgan fingerprint density at radius 3 is 2.73 bits per heavy atom. The van der Waals surface area contributed by atoms with Crippen molar-refractivity contribution in [1.29, 1.82) is 0 Å². The summed E-state index contributed by atoms with van der Waals surface area (Å²) in [5.41, 5.74) is 0.769. The molecule has 0 bridgehead atoms. The van der Waals surface area contributed by atoms with Gasteiger partial charge in [0.1, 0.15) is 0 Å². The highest BCUT2D eigenvalue weighted by Gasteiger charge is 2.06. The minimum atomic E-state index is -0.395. The summed E-state index contributed by atoms with van der Waals surface area (Å²) in [4.78, 5) is 10.8. The summed E-state index contributed by atoms with van der Waals surface area (Å²) in [5, 5.41) is 3.38. The van der Waals surface area contributed by atoms with Crippen molar-refractivity contribution >= 4 is 12.2 Å². The Kier molecular flexibility index (Phi) is 3.68. The first kappa shape index (κ1) is 11.0. The van der Waals surface area contributed by atoms with Gasteiger partial charge in [-0.1, -0.05) is 0 Å². The topological polar surface area (TPSA) is 73.9 Å². The monoisotopic (exact) mass is 208 g/mol. The first-order chi connectivity index (χ1) is 7.17. The smallest absolute Gasteiger partial charge is 0.308 e. The third-order valence-electron chi connectivity index (χ3n) is 1.66. The summed E-state index contributed by atoms with van der Waals surface area (Å²) in [6, 6.07) is 5.02. The SMILES string of the molecule is COc1cc(C=NN)ccc1OC(C)=O. The van der Waals surface area contributed by atoms with Crippen LogP contribution < -0.4 is 15.3 Å². The van der Waals surface area contributed by atoms with Gasteiger partial charge in [0.05, 0.1) is 13.3 Å². The number of hydrazone groups is 1. The third-order valence-corrected chi connectivity index (χ3v) is 1.66. The van der Waals surface area contributed by atoms with Gasteiger partial charge in [-0.2, -0.15) is 5.10 Å². The minimum Gasteiger partial charge on any atom is -0.493 e. The summed E-state index contributed by atoms with van der Waals surface area (Å²) in [6.45, 7) is 1.33. The maximum atomic E-state index is 10.8. The first-order valence-corrected chi connectivity index (χ1v) is 4.27. The van der Waals surface area contributed by atoms with E-state index in [1.807, 2.05) is 0 Å². The van der Waals surface area contributed by atoms with E-state index in [9.17, 15) is 4.79 Å². The van der Waals surface area contributed by atoms with Crippen LogP contribution in [0.3, 0.4) is 0 Å². The highest BCUT2D eigenvalue weighted by Crippen LogP contribution is 2.27. The number of benzene rings is 1. The molecular weight excluding hydrogens is 196 g/mol. The zero-order valence-corrected chi connectivity index (χ0v) is 8.56. The molecule has 0 saturated carbocycles. The van der Waals surface area contributed by atoms with Gasteiger partial charge in [-0.05, 0) is 23.8 Å². The number of methoxy groups -OCH3 is 1. The van der Waals surface area contributed by atoms with E-state index in [0.29, 0.717) is 11.5 Å². The predicted octanol–water partition coefficient (Wildman–Crippen LogP) is 0.913. The van der Waals surface area contributed by atoms with E-state index in [4.69, 9.17) is 15.3 Å². The van der Waals surface area contributed by atoms with Crippen molar-refractivity contribution in [2.24, 2.45) is 10.9 Å². The van der Waals surface area contributed by atoms with Crippen molar-refractivity contribution in [3.63, 3.8) is 0 Å². The van der Waals surface area contributed by atoms with Crippen LogP contribution in [0.15, 0.2) is 23.3 Å². The Bertz CT molecular complexity index is 388. The summed E-state index contributed by atoms with van der Waals surface area (Å²) in [7, 11) is 1.49. The minimum absolute atomic E-state index is 0.374. The van der Waals surface area contributed by atoms with Crippen LogP contribution in [0.1, 0.15) is 12.5 Å². The normalized spacial score (nSPS) is 10.3. The Balaban J connectivity index is 3.03. The van der Waals surface area contributed by atoms with E-state index in [-0.39, 0.29) is 0 Å². The highest BCUT2D eigenvalue weighted by atomic mass is 16.6. The fourth-order valence-corrected chi connectivity index (χ4v) is 1.09. The molecule has 0 radical (unpaired) electrons. The molecule has 5 nitrogen and oxygen atoms in total. The summed E-state index contributed by atoms with van der Waals surface area (Å²) < 4.78 is 9.98. The van der Waals surface area contributed by atoms with E-state index in [1.54, 1.807) is 18.2 Å². The molecule has 5 heteroatoms. The summed E-state index contributed by atoms with van der Waals surface area (Å²) in [5.74, 6) is 5.45. The van der Waals surface area contributed by atoms with Crippen molar-refractivity contribution < 1.29 is 14.3 Å². The second-order valence-electron chi connectivity index (χ2n) is 2.78. The molecule has 15 heavy (non-hydrogen) atoms. The van der Waals surface area contributed by atoms with Crippen LogP contribution in [0.5, 0.6) is 11.5 Å². The third kappa shape index (κ3) is 2.98. The van der Waals surface area contributed by atoms with E-state index >= 15 is 0 Å². The van der Waals surface area contributed by atoms with Crippen molar-refractivity contribution in [1.82, 2.24) is 0 Å². The van der Waals surface area contributed by atoms with Crippen LogP contribution in [0.2, 0.25) is 0 Å². The van der Waals surface area contributed by atoms with E-state index in [1.165, 1.54) is 20.2 Å². The molecule has 80 valence electrons. The molecule has 0 unspecified atom stereocenters. The highest BCUT2D eigenvalue weighted by molar-refractivity contribution is 5.81. The molecule has 0 aliphatic carbocycles. The lowest BCUT2D eigenvalue weighted by Gasteiger charge is -2.07. The van der Waals surface area contributed by atoms with Gasteiger partial charge < -0.3 is 15.3 Å². The van der Waals surface area contributed by atoms with Gasteiger partial charge in [-0.3, -0.25) is 4.79 Å². The number of rotatable bonds is 3. The molecule has 0 atom stereocenters. The van der Waals surface area contributed by atoms with Crippen LogP contribution in [0, 0.1) is 0 Å². The van der Waals surface area contributed by atoms with Gasteiger partial charge in [0, 0.05) is 6.92 Å². The lowest BCUT2D eigenvalue weighted by molar-refractivity contribution is -0.132. The average Bonchev–Trinajstić information content (AvgIpc) is 2.20. The lowest BCUT2D eigenvalue weighted by atomic mass is 10.2. The van der Waals surface area contributed by atoms with Gasteiger partial charge >= 0.3 is 5.97 Å². The van der Waals surface area contributed by atoms with Crippen molar-refractivity contribution in [3.8, 4) is 11.5 Å². The number of esters is 1. The maximum absolute atomic E-state index is 10.8. The first-order valence-electron chi connectivity index (χ1n) is 4.27. The number of hydrogen-bond donors (Lipinski definition) is 1. The molecule has 0 aliphatic rings. The van der Waals surface area contributed by atoms with Gasteiger partial charge in [-0.25, -0.2) is 0 Å². The molecule has 0 aromatic heterocycles. The molecule has 2 N–H and O–H groups in total. The van der Waals surface area contributed by atoms with Crippen LogP contribution in [0.25, 0.3) is 0 Å². The molecule has 0 fully saturated rings. The number of nitrogens with two attached hydrogens (primary N) is 1. The largest absolute Gasteiger partial charge is 0.493 e. The van der Waals surface area contributed by atoms with Gasteiger partial charge in [-0.15, -0.1) is 0 Å². The van der Waals surface area contributed by atoms with Crippen molar-refractivity contribution in [2.75, 3.05) is 7.11 Å². The van der Waals surface area contributed by atoms with Crippen LogP contribution in [-0.4, -0.2) is 19.3 Å². The summed E-state index contributed by atoms with van der Waals surface area (Å²) in [6.07, 6.45) is 1.47. The quantitative estimate of drug-likeness (QED) is 0.263. The Morgan fingerprint density at radius 2 is 2.20 bits per heavy atom. The lowest BCUT2D eigenvalue weighted by Crippen LogP contribution is -2.03. The average molecular weight is 208 g/mol. The Labute approximate surface area is 87.5 Å². The van der Waals surface area contributed by atoms with Gasteiger partial charge in [0.25, 0.3) is 0 Å². The fourth-order valence-electron chi connectivity index (χ4n) is 1.09. The predicted molar refractivity (Wildman–Crippen MR) is 56.1 cm³/mol. The van der Waals surface area contributed by atoms with Crippen molar-refractivity contribution in [3.05, 3.63) is 23.8 Å². The number of ether oxygens (including phenoxy) is 2. The molecule has 1 aromatic rings.